The first-order valence-corrected chi connectivity index (χ1v) is 15.3. The Morgan fingerprint density at radius 3 is 2.82 bits per heavy atom. The normalized spacial score (nSPS) is 30.6. The molecule has 4 atom stereocenters. The minimum absolute atomic E-state index is 0.0103. The van der Waals surface area contributed by atoms with Crippen LogP contribution >= 0.6 is 11.6 Å². The molecule has 2 aliphatic heterocycles. The lowest BCUT2D eigenvalue weighted by atomic mass is 9.68. The molecule has 2 aromatic carbocycles. The summed E-state index contributed by atoms with van der Waals surface area (Å²) in [5.74, 6) is 1.29. The summed E-state index contributed by atoms with van der Waals surface area (Å²) >= 11 is 6.36. The van der Waals surface area contributed by atoms with Gasteiger partial charge >= 0.3 is 6.09 Å². The van der Waals surface area contributed by atoms with Crippen molar-refractivity contribution in [3.05, 3.63) is 64.7 Å². The van der Waals surface area contributed by atoms with E-state index in [2.05, 4.69) is 17.0 Å². The van der Waals surface area contributed by atoms with E-state index in [4.69, 9.17) is 25.8 Å². The highest BCUT2D eigenvalue weighted by Gasteiger charge is 2.44. The average molecular weight is 573 g/mol. The van der Waals surface area contributed by atoms with E-state index < -0.39 is 16.1 Å². The number of methoxy groups -OCH3 is 1. The van der Waals surface area contributed by atoms with Gasteiger partial charge in [0.1, 0.15) is 12.4 Å². The molecule has 0 unspecified atom stereocenters. The highest BCUT2D eigenvalue weighted by atomic mass is 35.5. The van der Waals surface area contributed by atoms with Crippen LogP contribution in [0.5, 0.6) is 5.75 Å². The zero-order valence-corrected chi connectivity index (χ0v) is 23.5. The Hall–Kier alpha value is -2.75. The van der Waals surface area contributed by atoms with Crippen molar-refractivity contribution in [2.24, 2.45) is 11.8 Å². The summed E-state index contributed by atoms with van der Waals surface area (Å²) in [7, 11) is -2.45. The third-order valence-electron chi connectivity index (χ3n) is 8.80. The van der Waals surface area contributed by atoms with E-state index in [1.54, 1.807) is 25.3 Å². The van der Waals surface area contributed by atoms with E-state index in [0.29, 0.717) is 36.4 Å². The third kappa shape index (κ3) is 5.00. The number of cyclic esters (lactones) is 1. The lowest BCUT2D eigenvalue weighted by Crippen LogP contribution is -2.49. The molecule has 4 aliphatic rings. The van der Waals surface area contributed by atoms with Crippen LogP contribution in [0.2, 0.25) is 5.02 Å². The molecule has 208 valence electrons. The minimum Gasteiger partial charge on any atom is -0.490 e. The molecule has 2 heterocycles. The number of carbonyl (C=O) groups is 1. The molecule has 1 amide bonds. The Kier molecular flexibility index (Phi) is 7.02. The number of benzene rings is 2. The molecule has 2 bridgehead atoms. The van der Waals surface area contributed by atoms with Gasteiger partial charge in [0.25, 0.3) is 10.0 Å². The van der Waals surface area contributed by atoms with Crippen molar-refractivity contribution < 1.29 is 27.4 Å². The first kappa shape index (κ1) is 26.5. The van der Waals surface area contributed by atoms with Crippen LogP contribution in [0, 0.1) is 11.8 Å². The van der Waals surface area contributed by atoms with E-state index in [-0.39, 0.29) is 23.0 Å². The fraction of sp³-hybridized carbons (Fsp3) is 0.483. The number of ether oxygens (including phenoxy) is 3. The molecule has 2 aromatic rings. The number of sulfonamides is 1. The number of halogens is 1. The number of hydrogen-bond donors (Lipinski definition) is 1. The van der Waals surface area contributed by atoms with Crippen molar-refractivity contribution in [1.29, 1.82) is 0 Å². The number of anilines is 1. The zero-order chi connectivity index (χ0) is 27.2. The van der Waals surface area contributed by atoms with Crippen LogP contribution in [-0.2, 0) is 31.3 Å². The van der Waals surface area contributed by atoms with Crippen LogP contribution in [-0.4, -0.2) is 54.0 Å². The van der Waals surface area contributed by atoms with E-state index >= 15 is 0 Å². The lowest BCUT2D eigenvalue weighted by Gasteiger charge is -2.46. The smallest absolute Gasteiger partial charge is 0.421 e. The maximum Gasteiger partial charge on any atom is 0.421 e. The molecule has 10 heteroatoms. The summed E-state index contributed by atoms with van der Waals surface area (Å²) < 4.78 is 45.6. The summed E-state index contributed by atoms with van der Waals surface area (Å²) in [6, 6.07) is 10.9. The van der Waals surface area contributed by atoms with Crippen LogP contribution in [0.15, 0.2) is 53.4 Å². The van der Waals surface area contributed by atoms with Gasteiger partial charge in [0.2, 0.25) is 0 Å². The largest absolute Gasteiger partial charge is 0.490 e. The molecule has 0 radical (unpaired) electrons. The molecule has 1 N–H and O–H groups in total. The monoisotopic (exact) mass is 572 g/mol. The van der Waals surface area contributed by atoms with Crippen LogP contribution in [0.1, 0.15) is 36.8 Å². The standard InChI is InChI=1S/C29H33ClN2O6S/c1-36-26-5-3-13-37-28(33)31-39(34,35)22-8-11-27-25(15-22)32(16-20-6-9-23(20)26)17-29(18-38-27)12-2-4-19-14-21(30)7-10-24(19)29/h3,5,7-8,10-11,14-15,20,23,26H,2,4,6,9,12-13,16-18H2,1H3,(H,31,33)/b5-3+/t20-,23+,26-,29-/m0/s1. The lowest BCUT2D eigenvalue weighted by molar-refractivity contribution is 0.0130. The summed E-state index contributed by atoms with van der Waals surface area (Å²) in [6.45, 7) is 1.87. The first-order chi connectivity index (χ1) is 18.8. The second kappa shape index (κ2) is 10.3. The van der Waals surface area contributed by atoms with Gasteiger partial charge in [-0.15, -0.1) is 0 Å². The van der Waals surface area contributed by atoms with Gasteiger partial charge in [-0.3, -0.25) is 0 Å². The highest BCUT2D eigenvalue weighted by Crippen LogP contribution is 2.47. The molecule has 1 saturated carbocycles. The Labute approximate surface area is 234 Å². The predicted molar refractivity (Wildman–Crippen MR) is 148 cm³/mol. The molecule has 6 rings (SSSR count). The van der Waals surface area contributed by atoms with Crippen LogP contribution in [0.25, 0.3) is 0 Å². The molecule has 1 spiro atoms. The Morgan fingerprint density at radius 2 is 2.03 bits per heavy atom. The van der Waals surface area contributed by atoms with E-state index in [1.165, 1.54) is 17.2 Å². The maximum absolute atomic E-state index is 13.1. The van der Waals surface area contributed by atoms with Crippen molar-refractivity contribution in [3.63, 3.8) is 0 Å². The molecular weight excluding hydrogens is 540 g/mol. The molecule has 39 heavy (non-hydrogen) atoms. The van der Waals surface area contributed by atoms with E-state index in [9.17, 15) is 13.2 Å². The topological polar surface area (TPSA) is 94.2 Å². The zero-order valence-electron chi connectivity index (χ0n) is 21.9. The fourth-order valence-corrected chi connectivity index (χ4v) is 7.81. The second-order valence-electron chi connectivity index (χ2n) is 11.1. The molecular formula is C29H33ClN2O6S. The average Bonchev–Trinajstić information content (AvgIpc) is 3.04. The number of aryl methyl sites for hydroxylation is 1. The molecule has 1 fully saturated rings. The van der Waals surface area contributed by atoms with E-state index in [0.717, 1.165) is 43.7 Å². The van der Waals surface area contributed by atoms with E-state index in [1.807, 2.05) is 16.9 Å². The summed E-state index contributed by atoms with van der Waals surface area (Å²) in [5, 5.41) is 0.731. The summed E-state index contributed by atoms with van der Waals surface area (Å²) in [4.78, 5) is 14.6. The Bertz CT molecular complexity index is 1410. The van der Waals surface area contributed by atoms with Crippen LogP contribution in [0.4, 0.5) is 10.5 Å². The molecule has 8 nitrogen and oxygen atoms in total. The van der Waals surface area contributed by atoms with Gasteiger partial charge in [0.15, 0.2) is 0 Å². The minimum atomic E-state index is -4.15. The number of amides is 1. The first-order valence-electron chi connectivity index (χ1n) is 13.5. The number of rotatable bonds is 1. The molecule has 0 saturated heterocycles. The van der Waals surface area contributed by atoms with Crippen LogP contribution in [0.3, 0.4) is 0 Å². The van der Waals surface area contributed by atoms with Gasteiger partial charge in [-0.2, -0.15) is 0 Å². The van der Waals surface area contributed by atoms with Crippen molar-refractivity contribution >= 4 is 33.4 Å². The summed E-state index contributed by atoms with van der Waals surface area (Å²) in [5.41, 5.74) is 2.95. The third-order valence-corrected chi connectivity index (χ3v) is 10.3. The SMILES string of the molecule is CO[C@H]1/C=C/COC(=O)NS(=O)(=O)c2ccc3c(c2)N(C[C@@H]2CC[C@H]21)C[C@@]1(CCCc2cc(Cl)ccc21)CO3. The van der Waals surface area contributed by atoms with Gasteiger partial charge in [-0.05, 0) is 91.5 Å². The maximum atomic E-state index is 13.1. The Balaban J connectivity index is 1.45. The van der Waals surface area contributed by atoms with Crippen molar-refractivity contribution in [3.8, 4) is 5.75 Å². The number of nitrogens with one attached hydrogen (secondary N) is 1. The van der Waals surface area contributed by atoms with Gasteiger partial charge in [-0.1, -0.05) is 23.7 Å². The summed E-state index contributed by atoms with van der Waals surface area (Å²) in [6.07, 6.45) is 7.53. The molecule has 2 aliphatic carbocycles. The Morgan fingerprint density at radius 1 is 1.15 bits per heavy atom. The number of hydrogen-bond acceptors (Lipinski definition) is 7. The number of fused-ring (bicyclic) bond motifs is 4. The van der Waals surface area contributed by atoms with Crippen molar-refractivity contribution in [1.82, 2.24) is 4.72 Å². The highest BCUT2D eigenvalue weighted by molar-refractivity contribution is 7.90. The van der Waals surface area contributed by atoms with Gasteiger partial charge < -0.3 is 19.1 Å². The van der Waals surface area contributed by atoms with Crippen LogP contribution < -0.4 is 14.4 Å². The van der Waals surface area contributed by atoms with Gasteiger partial charge in [-0.25, -0.2) is 17.9 Å². The second-order valence-corrected chi connectivity index (χ2v) is 13.2. The van der Waals surface area contributed by atoms with Crippen molar-refractivity contribution in [2.45, 2.75) is 48.5 Å². The predicted octanol–water partition coefficient (Wildman–Crippen LogP) is 4.84. The number of nitrogens with zero attached hydrogens (tertiary/aromatic N) is 1. The number of carbonyl (C=O) groups excluding carboxylic acids is 1. The van der Waals surface area contributed by atoms with Gasteiger partial charge in [0.05, 0.1) is 23.3 Å². The fourth-order valence-electron chi connectivity index (χ4n) is 6.71. The quantitative estimate of drug-likeness (QED) is 0.489. The molecule has 0 aromatic heterocycles. The van der Waals surface area contributed by atoms with Crippen molar-refractivity contribution in [2.75, 3.05) is 38.3 Å². The van der Waals surface area contributed by atoms with Gasteiger partial charge in [0, 0.05) is 30.6 Å².